The van der Waals surface area contributed by atoms with E-state index in [0.717, 1.165) is 36.0 Å². The fourth-order valence-corrected chi connectivity index (χ4v) is 2.85. The van der Waals surface area contributed by atoms with Crippen LogP contribution in [0.2, 0.25) is 0 Å². The highest BCUT2D eigenvalue weighted by Gasteiger charge is 2.14. The molecule has 0 aliphatic heterocycles. The van der Waals surface area contributed by atoms with Gasteiger partial charge in [-0.2, -0.15) is 10.2 Å². The Morgan fingerprint density at radius 1 is 1.21 bits per heavy atom. The number of rotatable bonds is 6. The van der Waals surface area contributed by atoms with Crippen molar-refractivity contribution in [2.24, 2.45) is 7.05 Å². The Kier molecular flexibility index (Phi) is 4.61. The quantitative estimate of drug-likeness (QED) is 0.747. The lowest BCUT2D eigenvalue weighted by Crippen LogP contribution is -2.19. The highest BCUT2D eigenvalue weighted by atomic mass is 15.4. The third kappa shape index (κ3) is 3.30. The van der Waals surface area contributed by atoms with Crippen molar-refractivity contribution in [3.63, 3.8) is 0 Å². The van der Waals surface area contributed by atoms with Gasteiger partial charge in [0.2, 0.25) is 0 Å². The van der Waals surface area contributed by atoms with Crippen LogP contribution in [-0.4, -0.2) is 38.6 Å². The van der Waals surface area contributed by atoms with E-state index in [2.05, 4.69) is 31.5 Å². The molecule has 1 N–H and O–H groups in total. The van der Waals surface area contributed by atoms with Crippen LogP contribution in [0.1, 0.15) is 16.8 Å². The summed E-state index contributed by atoms with van der Waals surface area (Å²) in [6.45, 7) is 3.58. The Labute approximate surface area is 141 Å². The Morgan fingerprint density at radius 2 is 2.04 bits per heavy atom. The van der Waals surface area contributed by atoms with Crippen molar-refractivity contribution < 1.29 is 0 Å². The van der Waals surface area contributed by atoms with Crippen LogP contribution >= 0.6 is 0 Å². The van der Waals surface area contributed by atoms with Crippen molar-refractivity contribution >= 4 is 5.82 Å². The zero-order valence-electron chi connectivity index (χ0n) is 14.6. The number of aromatic nitrogens is 5. The first-order valence-electron chi connectivity index (χ1n) is 7.91. The Hall–Kier alpha value is -2.67. The van der Waals surface area contributed by atoms with E-state index in [9.17, 15) is 0 Å². The van der Waals surface area contributed by atoms with E-state index in [1.54, 1.807) is 10.9 Å². The minimum atomic E-state index is 0.758. The molecule has 0 spiro atoms. The summed E-state index contributed by atoms with van der Waals surface area (Å²) in [6, 6.07) is 5.93. The van der Waals surface area contributed by atoms with Gasteiger partial charge >= 0.3 is 0 Å². The minimum absolute atomic E-state index is 0.758. The molecule has 0 bridgehead atoms. The van der Waals surface area contributed by atoms with Crippen LogP contribution in [0.5, 0.6) is 0 Å². The molecule has 7 nitrogen and oxygen atoms in total. The van der Waals surface area contributed by atoms with Gasteiger partial charge < -0.3 is 10.2 Å². The van der Waals surface area contributed by atoms with Crippen LogP contribution in [0.4, 0.5) is 5.82 Å². The van der Waals surface area contributed by atoms with Crippen molar-refractivity contribution in [3.05, 3.63) is 53.6 Å². The molecule has 0 fully saturated rings. The molecule has 0 saturated carbocycles. The molecule has 0 aliphatic carbocycles. The van der Waals surface area contributed by atoms with Crippen LogP contribution in [0.25, 0.3) is 5.82 Å². The van der Waals surface area contributed by atoms with Crippen LogP contribution in [0, 0.1) is 6.92 Å². The molecule has 0 atom stereocenters. The second-order valence-electron chi connectivity index (χ2n) is 5.98. The molecular weight excluding hydrogens is 302 g/mol. The monoisotopic (exact) mass is 325 g/mol. The van der Waals surface area contributed by atoms with Crippen LogP contribution in [-0.2, 0) is 20.1 Å². The second kappa shape index (κ2) is 6.84. The van der Waals surface area contributed by atoms with Gasteiger partial charge in [-0.15, -0.1) is 0 Å². The van der Waals surface area contributed by atoms with E-state index in [1.807, 2.05) is 57.3 Å². The molecule has 0 aliphatic rings. The largest absolute Gasteiger partial charge is 0.363 e. The van der Waals surface area contributed by atoms with E-state index in [0.29, 0.717) is 0 Å². The van der Waals surface area contributed by atoms with Gasteiger partial charge in [0.25, 0.3) is 0 Å². The third-order valence-electron chi connectivity index (χ3n) is 3.92. The van der Waals surface area contributed by atoms with Gasteiger partial charge in [0.15, 0.2) is 5.82 Å². The second-order valence-corrected chi connectivity index (χ2v) is 5.98. The standard InChI is InChI=1S/C17H23N7/c1-13-15(17(22(2)3)23(4)21-13)12-18-10-14-6-7-16(19-11-14)24-9-5-8-20-24/h5-9,11,18H,10,12H2,1-4H3. The molecular formula is C17H23N7. The fraction of sp³-hybridized carbons (Fsp3) is 0.353. The predicted octanol–water partition coefficient (Wildman–Crippen LogP) is 1.67. The molecule has 24 heavy (non-hydrogen) atoms. The molecule has 3 rings (SSSR count). The third-order valence-corrected chi connectivity index (χ3v) is 3.92. The fourth-order valence-electron chi connectivity index (χ4n) is 2.85. The Morgan fingerprint density at radius 3 is 2.67 bits per heavy atom. The molecule has 3 aromatic rings. The van der Waals surface area contributed by atoms with Crippen molar-refractivity contribution in [2.45, 2.75) is 20.0 Å². The average Bonchev–Trinajstić information content (AvgIpc) is 3.16. The number of anilines is 1. The summed E-state index contributed by atoms with van der Waals surface area (Å²) >= 11 is 0. The number of hydrogen-bond acceptors (Lipinski definition) is 5. The van der Waals surface area contributed by atoms with E-state index >= 15 is 0 Å². The van der Waals surface area contributed by atoms with Crippen molar-refractivity contribution in [1.82, 2.24) is 29.9 Å². The molecule has 126 valence electrons. The lowest BCUT2D eigenvalue weighted by atomic mass is 10.2. The highest BCUT2D eigenvalue weighted by Crippen LogP contribution is 2.21. The lowest BCUT2D eigenvalue weighted by Gasteiger charge is -2.15. The number of pyridine rings is 1. The summed E-state index contributed by atoms with van der Waals surface area (Å²) in [7, 11) is 6.06. The first kappa shape index (κ1) is 16.2. The van der Waals surface area contributed by atoms with E-state index in [4.69, 9.17) is 0 Å². The average molecular weight is 325 g/mol. The van der Waals surface area contributed by atoms with Gasteiger partial charge in [0.05, 0.1) is 5.69 Å². The SMILES string of the molecule is Cc1nn(C)c(N(C)C)c1CNCc1ccc(-n2cccn2)nc1. The summed E-state index contributed by atoms with van der Waals surface area (Å²) in [5, 5.41) is 12.2. The normalized spacial score (nSPS) is 11.0. The Balaban J connectivity index is 1.63. The van der Waals surface area contributed by atoms with E-state index in [1.165, 1.54) is 5.56 Å². The first-order valence-corrected chi connectivity index (χ1v) is 7.91. The number of aryl methyl sites for hydroxylation is 2. The van der Waals surface area contributed by atoms with Crippen molar-refractivity contribution in [1.29, 1.82) is 0 Å². The molecule has 0 radical (unpaired) electrons. The number of hydrogen-bond donors (Lipinski definition) is 1. The zero-order valence-corrected chi connectivity index (χ0v) is 14.6. The van der Waals surface area contributed by atoms with Crippen LogP contribution in [0.15, 0.2) is 36.8 Å². The predicted molar refractivity (Wildman–Crippen MR) is 94.2 cm³/mol. The van der Waals surface area contributed by atoms with Gasteiger partial charge in [0.1, 0.15) is 5.82 Å². The molecule has 0 unspecified atom stereocenters. The molecule has 3 heterocycles. The van der Waals surface area contributed by atoms with Gasteiger partial charge in [-0.25, -0.2) is 9.67 Å². The maximum Gasteiger partial charge on any atom is 0.153 e. The Bertz CT molecular complexity index is 785. The van der Waals surface area contributed by atoms with Crippen molar-refractivity contribution in [2.75, 3.05) is 19.0 Å². The summed E-state index contributed by atoms with van der Waals surface area (Å²) in [4.78, 5) is 6.54. The summed E-state index contributed by atoms with van der Waals surface area (Å²) in [5.41, 5.74) is 3.42. The maximum absolute atomic E-state index is 4.51. The van der Waals surface area contributed by atoms with Gasteiger partial charge in [0, 0.05) is 58.4 Å². The summed E-state index contributed by atoms with van der Waals surface area (Å²) in [5.74, 6) is 1.95. The summed E-state index contributed by atoms with van der Waals surface area (Å²) in [6.07, 6.45) is 5.51. The molecule has 3 aromatic heterocycles. The van der Waals surface area contributed by atoms with Crippen LogP contribution in [0.3, 0.4) is 0 Å². The van der Waals surface area contributed by atoms with Gasteiger partial charge in [-0.3, -0.25) is 4.68 Å². The topological polar surface area (TPSA) is 63.8 Å². The molecule has 0 amide bonds. The van der Waals surface area contributed by atoms with Crippen molar-refractivity contribution in [3.8, 4) is 5.82 Å². The van der Waals surface area contributed by atoms with Gasteiger partial charge in [-0.1, -0.05) is 6.07 Å². The van der Waals surface area contributed by atoms with E-state index in [-0.39, 0.29) is 0 Å². The maximum atomic E-state index is 4.51. The number of nitrogens with one attached hydrogen (secondary N) is 1. The number of nitrogens with zero attached hydrogens (tertiary/aromatic N) is 6. The van der Waals surface area contributed by atoms with Gasteiger partial charge in [-0.05, 0) is 24.6 Å². The molecule has 7 heteroatoms. The van der Waals surface area contributed by atoms with Crippen LogP contribution < -0.4 is 10.2 Å². The summed E-state index contributed by atoms with van der Waals surface area (Å²) < 4.78 is 3.67. The minimum Gasteiger partial charge on any atom is -0.363 e. The molecule has 0 saturated heterocycles. The molecule has 0 aromatic carbocycles. The highest BCUT2D eigenvalue weighted by molar-refractivity contribution is 5.48. The lowest BCUT2D eigenvalue weighted by molar-refractivity contribution is 0.685. The first-order chi connectivity index (χ1) is 11.6. The smallest absolute Gasteiger partial charge is 0.153 e. The zero-order chi connectivity index (χ0) is 17.1. The van der Waals surface area contributed by atoms with E-state index < -0.39 is 0 Å².